The molecule has 0 aliphatic carbocycles. The first-order valence-corrected chi connectivity index (χ1v) is 6.93. The smallest absolute Gasteiger partial charge is 0.227 e. The second-order valence-electron chi connectivity index (χ2n) is 4.26. The van der Waals surface area contributed by atoms with Gasteiger partial charge in [0, 0.05) is 10.3 Å². The van der Waals surface area contributed by atoms with Gasteiger partial charge in [-0.3, -0.25) is 0 Å². The average molecular weight is 306 g/mol. The normalized spacial score (nSPS) is 11.2. The summed E-state index contributed by atoms with van der Waals surface area (Å²) >= 11 is 1.21. The van der Waals surface area contributed by atoms with Gasteiger partial charge in [-0.15, -0.1) is 0 Å². The predicted octanol–water partition coefficient (Wildman–Crippen LogP) is 4.86. The van der Waals surface area contributed by atoms with Gasteiger partial charge < -0.3 is 0 Å². The molecule has 3 rings (SSSR count). The molecule has 0 radical (unpaired) electrons. The van der Waals surface area contributed by atoms with Crippen LogP contribution in [0, 0.1) is 5.82 Å². The maximum Gasteiger partial charge on any atom is 0.297 e. The van der Waals surface area contributed by atoms with E-state index in [1.165, 1.54) is 23.9 Å². The fraction of sp³-hybridized carbons (Fsp3) is 0.0667. The fourth-order valence-electron chi connectivity index (χ4n) is 1.85. The van der Waals surface area contributed by atoms with Crippen molar-refractivity contribution in [1.29, 1.82) is 0 Å². The topological polar surface area (TPSA) is 25.8 Å². The van der Waals surface area contributed by atoms with Gasteiger partial charge in [0.15, 0.2) is 5.82 Å². The second-order valence-corrected chi connectivity index (χ2v) is 5.32. The number of rotatable bonds is 3. The van der Waals surface area contributed by atoms with Crippen LogP contribution in [-0.4, -0.2) is 9.97 Å². The number of benzene rings is 2. The van der Waals surface area contributed by atoms with Gasteiger partial charge in [-0.05, 0) is 30.3 Å². The lowest BCUT2D eigenvalue weighted by atomic mass is 10.2. The highest BCUT2D eigenvalue weighted by atomic mass is 32.2. The van der Waals surface area contributed by atoms with Crippen LogP contribution in [0.25, 0.3) is 10.9 Å². The minimum atomic E-state index is -2.73. The fourth-order valence-corrected chi connectivity index (χ4v) is 2.77. The number of para-hydroxylation sites is 1. The quantitative estimate of drug-likeness (QED) is 0.646. The van der Waals surface area contributed by atoms with E-state index in [1.54, 1.807) is 36.4 Å². The summed E-state index contributed by atoms with van der Waals surface area (Å²) in [5, 5.41) is 1.12. The zero-order chi connectivity index (χ0) is 14.8. The lowest BCUT2D eigenvalue weighted by Crippen LogP contribution is -1.98. The molecule has 0 unspecified atom stereocenters. The number of hydrogen-bond acceptors (Lipinski definition) is 3. The Labute approximate surface area is 123 Å². The summed E-state index contributed by atoms with van der Waals surface area (Å²) in [4.78, 5) is 8.51. The van der Waals surface area contributed by atoms with E-state index >= 15 is 0 Å². The molecule has 0 aliphatic rings. The van der Waals surface area contributed by atoms with E-state index in [9.17, 15) is 13.2 Å². The van der Waals surface area contributed by atoms with Crippen molar-refractivity contribution >= 4 is 22.7 Å². The van der Waals surface area contributed by atoms with E-state index in [4.69, 9.17) is 0 Å². The van der Waals surface area contributed by atoms with Crippen LogP contribution >= 0.6 is 11.8 Å². The Kier molecular flexibility index (Phi) is 3.79. The maximum atomic E-state index is 12.9. The summed E-state index contributed by atoms with van der Waals surface area (Å²) in [7, 11) is 0. The van der Waals surface area contributed by atoms with Crippen molar-refractivity contribution in [2.45, 2.75) is 16.3 Å². The van der Waals surface area contributed by atoms with Crippen LogP contribution in [0.2, 0.25) is 0 Å². The molecule has 0 fully saturated rings. The predicted molar refractivity (Wildman–Crippen MR) is 75.0 cm³/mol. The highest BCUT2D eigenvalue weighted by Crippen LogP contribution is 2.32. The van der Waals surface area contributed by atoms with E-state index in [0.29, 0.717) is 15.9 Å². The number of nitrogens with zero attached hydrogens (tertiary/aromatic N) is 2. The third kappa shape index (κ3) is 3.00. The molecule has 0 saturated carbocycles. The van der Waals surface area contributed by atoms with Gasteiger partial charge in [0.1, 0.15) is 10.8 Å². The molecule has 0 amide bonds. The van der Waals surface area contributed by atoms with Crippen molar-refractivity contribution < 1.29 is 13.2 Å². The Bertz CT molecular complexity index is 775. The minimum absolute atomic E-state index is 0.347. The first kappa shape index (κ1) is 13.9. The summed E-state index contributed by atoms with van der Waals surface area (Å²) in [6, 6.07) is 12.8. The summed E-state index contributed by atoms with van der Waals surface area (Å²) < 4.78 is 38.7. The molecule has 0 spiro atoms. The number of fused-ring (bicyclic) bond motifs is 1. The zero-order valence-electron chi connectivity index (χ0n) is 10.6. The van der Waals surface area contributed by atoms with Crippen molar-refractivity contribution in [2.75, 3.05) is 0 Å². The van der Waals surface area contributed by atoms with Crippen molar-refractivity contribution in [1.82, 2.24) is 9.97 Å². The van der Waals surface area contributed by atoms with Crippen LogP contribution < -0.4 is 0 Å². The summed E-state index contributed by atoms with van der Waals surface area (Å²) in [6.45, 7) is 0. The molecule has 106 valence electrons. The van der Waals surface area contributed by atoms with Crippen LogP contribution in [0.5, 0.6) is 0 Å². The lowest BCUT2D eigenvalue weighted by Gasteiger charge is -2.08. The molecule has 1 heterocycles. The third-order valence-corrected chi connectivity index (χ3v) is 3.82. The first-order valence-electron chi connectivity index (χ1n) is 6.12. The monoisotopic (exact) mass is 306 g/mol. The summed E-state index contributed by atoms with van der Waals surface area (Å²) in [5.74, 6) is -0.849. The van der Waals surface area contributed by atoms with Gasteiger partial charge in [0.25, 0.3) is 6.43 Å². The number of alkyl halides is 2. The second kappa shape index (κ2) is 5.73. The number of hydrogen-bond donors (Lipinski definition) is 0. The highest BCUT2D eigenvalue weighted by molar-refractivity contribution is 7.99. The van der Waals surface area contributed by atoms with Crippen LogP contribution in [-0.2, 0) is 0 Å². The van der Waals surface area contributed by atoms with Gasteiger partial charge in [-0.25, -0.2) is 23.1 Å². The van der Waals surface area contributed by atoms with Crippen LogP contribution in [0.1, 0.15) is 12.2 Å². The Morgan fingerprint density at radius 1 is 0.905 bits per heavy atom. The molecule has 0 N–H and O–H groups in total. The van der Waals surface area contributed by atoms with E-state index in [1.807, 2.05) is 0 Å². The Balaban J connectivity index is 2.09. The first-order chi connectivity index (χ1) is 10.1. The van der Waals surface area contributed by atoms with Crippen molar-refractivity contribution in [3.8, 4) is 0 Å². The van der Waals surface area contributed by atoms with E-state index in [-0.39, 0.29) is 5.82 Å². The van der Waals surface area contributed by atoms with Gasteiger partial charge >= 0.3 is 0 Å². The van der Waals surface area contributed by atoms with E-state index in [2.05, 4.69) is 9.97 Å². The van der Waals surface area contributed by atoms with E-state index < -0.39 is 12.2 Å². The van der Waals surface area contributed by atoms with Crippen LogP contribution in [0.3, 0.4) is 0 Å². The molecule has 0 atom stereocenters. The molecule has 0 aliphatic heterocycles. The SMILES string of the molecule is Fc1ccc(Sc2nc(C(F)F)nc3ccccc23)cc1. The van der Waals surface area contributed by atoms with E-state index in [0.717, 1.165) is 4.90 Å². The standard InChI is InChI=1S/C15H9F3N2S/c16-9-5-7-10(8-6-9)21-15-11-3-1-2-4-12(11)19-14(20-15)13(17)18/h1-8,13H. The maximum absolute atomic E-state index is 12.9. The molecule has 0 bridgehead atoms. The number of aromatic nitrogens is 2. The third-order valence-electron chi connectivity index (χ3n) is 2.81. The summed E-state index contributed by atoms with van der Waals surface area (Å²) in [6.07, 6.45) is -2.73. The summed E-state index contributed by atoms with van der Waals surface area (Å²) in [5.41, 5.74) is 0.465. The largest absolute Gasteiger partial charge is 0.297 e. The molecule has 1 aromatic heterocycles. The molecular weight excluding hydrogens is 297 g/mol. The van der Waals surface area contributed by atoms with Crippen LogP contribution in [0.4, 0.5) is 13.2 Å². The Morgan fingerprint density at radius 2 is 1.62 bits per heavy atom. The number of halogens is 3. The molecule has 6 heteroatoms. The van der Waals surface area contributed by atoms with Gasteiger partial charge in [-0.1, -0.05) is 30.0 Å². The van der Waals surface area contributed by atoms with Gasteiger partial charge in [0.05, 0.1) is 5.52 Å². The Morgan fingerprint density at radius 3 is 2.33 bits per heavy atom. The lowest BCUT2D eigenvalue weighted by molar-refractivity contribution is 0.140. The van der Waals surface area contributed by atoms with Crippen molar-refractivity contribution in [2.24, 2.45) is 0 Å². The molecule has 21 heavy (non-hydrogen) atoms. The molecule has 0 saturated heterocycles. The molecule has 2 aromatic carbocycles. The zero-order valence-corrected chi connectivity index (χ0v) is 11.4. The van der Waals surface area contributed by atoms with Crippen molar-refractivity contribution in [3.05, 3.63) is 60.2 Å². The highest BCUT2D eigenvalue weighted by Gasteiger charge is 2.15. The minimum Gasteiger partial charge on any atom is -0.227 e. The van der Waals surface area contributed by atoms with Crippen molar-refractivity contribution in [3.63, 3.8) is 0 Å². The van der Waals surface area contributed by atoms with Gasteiger partial charge in [-0.2, -0.15) is 0 Å². The molecular formula is C15H9F3N2S. The molecule has 2 nitrogen and oxygen atoms in total. The molecule has 3 aromatic rings. The Hall–Kier alpha value is -2.08. The van der Waals surface area contributed by atoms with Gasteiger partial charge in [0.2, 0.25) is 0 Å². The average Bonchev–Trinajstić information content (AvgIpc) is 2.49. The van der Waals surface area contributed by atoms with Crippen LogP contribution in [0.15, 0.2) is 58.5 Å².